The van der Waals surface area contributed by atoms with E-state index in [4.69, 9.17) is 0 Å². The third-order valence-corrected chi connectivity index (χ3v) is 5.99. The van der Waals surface area contributed by atoms with Gasteiger partial charge in [0.1, 0.15) is 23.8 Å². The number of aromatic nitrogens is 2. The summed E-state index contributed by atoms with van der Waals surface area (Å²) >= 11 is 0. The lowest BCUT2D eigenvalue weighted by Crippen LogP contribution is -2.57. The minimum atomic E-state index is -4.46. The second-order valence-corrected chi connectivity index (χ2v) is 8.57. The first kappa shape index (κ1) is 28.6. The summed E-state index contributed by atoms with van der Waals surface area (Å²) in [4.78, 5) is 43.2. The maximum absolute atomic E-state index is 13.4. The number of anilines is 1. The zero-order valence-electron chi connectivity index (χ0n) is 21.3. The average molecular weight is 534 g/mol. The SMILES string of the molecule is CC.Cc1ccc(CNC(=O)c2cc3c(N4CCNC(C(F)(F)F)C4)ccnc3n(CC(=O)O)c2=O)cc1. The number of fused-ring (bicyclic) bond motifs is 1. The van der Waals surface area contributed by atoms with E-state index in [-0.39, 0.29) is 36.2 Å². The van der Waals surface area contributed by atoms with Gasteiger partial charge in [-0.05, 0) is 24.6 Å². The lowest BCUT2D eigenvalue weighted by atomic mass is 10.1. The summed E-state index contributed by atoms with van der Waals surface area (Å²) in [6.45, 7) is 5.18. The number of nitrogens with zero attached hydrogens (tertiary/aromatic N) is 3. The van der Waals surface area contributed by atoms with Gasteiger partial charge in [0.05, 0.1) is 0 Å². The number of halogens is 3. The van der Waals surface area contributed by atoms with Crippen molar-refractivity contribution < 1.29 is 27.9 Å². The van der Waals surface area contributed by atoms with Crippen LogP contribution in [-0.2, 0) is 17.9 Å². The van der Waals surface area contributed by atoms with Gasteiger partial charge in [0.2, 0.25) is 0 Å². The lowest BCUT2D eigenvalue weighted by molar-refractivity contribution is -0.155. The highest BCUT2D eigenvalue weighted by Crippen LogP contribution is 2.29. The summed E-state index contributed by atoms with van der Waals surface area (Å²) < 4.78 is 40.9. The number of piperazine rings is 1. The largest absolute Gasteiger partial charge is 0.480 e. The molecule has 1 aromatic carbocycles. The molecule has 3 heterocycles. The highest BCUT2D eigenvalue weighted by molar-refractivity contribution is 6.00. The predicted molar refractivity (Wildman–Crippen MR) is 137 cm³/mol. The van der Waals surface area contributed by atoms with E-state index in [0.717, 1.165) is 15.7 Å². The minimum absolute atomic E-state index is 0.0305. The van der Waals surface area contributed by atoms with Gasteiger partial charge in [0.25, 0.3) is 11.5 Å². The summed E-state index contributed by atoms with van der Waals surface area (Å²) in [5.41, 5.74) is 0.940. The first-order valence-corrected chi connectivity index (χ1v) is 12.2. The Labute approximate surface area is 217 Å². The number of aliphatic carboxylic acids is 1. The summed E-state index contributed by atoms with van der Waals surface area (Å²) in [6, 6.07) is 8.38. The number of aryl methyl sites for hydroxylation is 1. The molecule has 2 aromatic heterocycles. The fraction of sp³-hybridized carbons (Fsp3) is 0.385. The summed E-state index contributed by atoms with van der Waals surface area (Å²) in [7, 11) is 0. The highest BCUT2D eigenvalue weighted by atomic mass is 19.4. The normalized spacial score (nSPS) is 15.5. The topological polar surface area (TPSA) is 117 Å². The number of carbonyl (C=O) groups excluding carboxylic acids is 1. The Hall–Kier alpha value is -3.93. The fourth-order valence-corrected chi connectivity index (χ4v) is 4.15. The number of rotatable bonds is 6. The molecule has 0 saturated carbocycles. The van der Waals surface area contributed by atoms with Crippen LogP contribution in [-0.4, -0.2) is 58.4 Å². The van der Waals surface area contributed by atoms with Crippen molar-refractivity contribution in [2.24, 2.45) is 0 Å². The van der Waals surface area contributed by atoms with Crippen LogP contribution in [0.2, 0.25) is 0 Å². The number of alkyl halides is 3. The first-order valence-electron chi connectivity index (χ1n) is 12.2. The fourth-order valence-electron chi connectivity index (χ4n) is 4.15. The van der Waals surface area contributed by atoms with Gasteiger partial charge in [-0.1, -0.05) is 43.7 Å². The van der Waals surface area contributed by atoms with E-state index in [9.17, 15) is 32.7 Å². The summed E-state index contributed by atoms with van der Waals surface area (Å²) in [5, 5.41) is 14.7. The molecule has 38 heavy (non-hydrogen) atoms. The Kier molecular flexibility index (Phi) is 9.10. The monoisotopic (exact) mass is 533 g/mol. The van der Waals surface area contributed by atoms with E-state index in [1.165, 1.54) is 23.2 Å². The van der Waals surface area contributed by atoms with Gasteiger partial charge in [-0.3, -0.25) is 19.0 Å². The van der Waals surface area contributed by atoms with Crippen molar-refractivity contribution in [3.05, 3.63) is 69.6 Å². The van der Waals surface area contributed by atoms with Gasteiger partial charge in [-0.25, -0.2) is 4.98 Å². The Morgan fingerprint density at radius 2 is 1.87 bits per heavy atom. The summed E-state index contributed by atoms with van der Waals surface area (Å²) in [6.07, 6.45) is -3.16. The highest BCUT2D eigenvalue weighted by Gasteiger charge is 2.42. The quantitative estimate of drug-likeness (QED) is 0.446. The van der Waals surface area contributed by atoms with Crippen LogP contribution < -0.4 is 21.1 Å². The van der Waals surface area contributed by atoms with E-state index in [0.29, 0.717) is 5.69 Å². The van der Waals surface area contributed by atoms with Crippen LogP contribution in [0.25, 0.3) is 11.0 Å². The minimum Gasteiger partial charge on any atom is -0.480 e. The molecule has 1 fully saturated rings. The molecular weight excluding hydrogens is 503 g/mol. The number of amides is 1. The van der Waals surface area contributed by atoms with Crippen LogP contribution in [0.3, 0.4) is 0 Å². The molecule has 0 radical (unpaired) electrons. The maximum atomic E-state index is 13.4. The van der Waals surface area contributed by atoms with Gasteiger partial charge in [0.15, 0.2) is 0 Å². The first-order chi connectivity index (χ1) is 18.0. The van der Waals surface area contributed by atoms with Crippen LogP contribution in [0.15, 0.2) is 47.4 Å². The van der Waals surface area contributed by atoms with Gasteiger partial charge in [-0.2, -0.15) is 13.2 Å². The van der Waals surface area contributed by atoms with Crippen molar-refractivity contribution in [2.75, 3.05) is 24.5 Å². The zero-order chi connectivity index (χ0) is 28.0. The smallest absolute Gasteiger partial charge is 0.405 e. The number of carboxylic acid groups (broad SMARTS) is 1. The standard InChI is InChI=1S/C24H24F3N5O4.C2H6/c1-14-2-4-15(5-3-14)11-30-22(35)17-10-16-18(31-9-8-28-19(12-31)24(25,26)27)6-7-29-21(16)32(23(17)36)13-20(33)34;1-2/h2-7,10,19,28H,8-9,11-13H2,1H3,(H,30,35)(H,33,34);1-2H3. The third kappa shape index (κ3) is 6.49. The number of hydrogen-bond donors (Lipinski definition) is 3. The Morgan fingerprint density at radius 3 is 2.50 bits per heavy atom. The van der Waals surface area contributed by atoms with Crippen LogP contribution in [0, 0.1) is 6.92 Å². The molecule has 0 bridgehead atoms. The zero-order valence-corrected chi connectivity index (χ0v) is 21.3. The Balaban J connectivity index is 0.00000195. The van der Waals surface area contributed by atoms with E-state index in [2.05, 4.69) is 15.6 Å². The number of pyridine rings is 2. The van der Waals surface area contributed by atoms with Crippen LogP contribution in [0.1, 0.15) is 35.3 Å². The molecule has 0 aliphatic carbocycles. The molecular formula is C26H30F3N5O4. The molecule has 1 saturated heterocycles. The molecule has 1 aliphatic rings. The molecule has 204 valence electrons. The maximum Gasteiger partial charge on any atom is 0.405 e. The van der Waals surface area contributed by atoms with Gasteiger partial charge < -0.3 is 20.6 Å². The van der Waals surface area contributed by atoms with E-state index < -0.39 is 42.7 Å². The van der Waals surface area contributed by atoms with Gasteiger partial charge in [-0.15, -0.1) is 0 Å². The second-order valence-electron chi connectivity index (χ2n) is 8.57. The van der Waals surface area contributed by atoms with Crippen molar-refractivity contribution >= 4 is 28.6 Å². The van der Waals surface area contributed by atoms with Crippen molar-refractivity contribution in [1.82, 2.24) is 20.2 Å². The lowest BCUT2D eigenvalue weighted by Gasteiger charge is -2.36. The van der Waals surface area contributed by atoms with Gasteiger partial charge in [0, 0.05) is 43.4 Å². The van der Waals surface area contributed by atoms with Crippen molar-refractivity contribution in [3.63, 3.8) is 0 Å². The number of hydrogen-bond acceptors (Lipinski definition) is 6. The van der Waals surface area contributed by atoms with E-state index >= 15 is 0 Å². The molecule has 3 aromatic rings. The molecule has 0 spiro atoms. The molecule has 1 atom stereocenters. The predicted octanol–water partition coefficient (Wildman–Crippen LogP) is 3.09. The summed E-state index contributed by atoms with van der Waals surface area (Å²) in [5.74, 6) is -2.06. The van der Waals surface area contributed by atoms with Crippen molar-refractivity contribution in [3.8, 4) is 0 Å². The Bertz CT molecular complexity index is 1360. The second kappa shape index (κ2) is 12.1. The molecule has 1 amide bonds. The number of benzene rings is 1. The van der Waals surface area contributed by atoms with Gasteiger partial charge >= 0.3 is 12.1 Å². The third-order valence-electron chi connectivity index (χ3n) is 5.99. The molecule has 1 aliphatic heterocycles. The van der Waals surface area contributed by atoms with E-state index in [1.54, 1.807) is 0 Å². The molecule has 9 nitrogen and oxygen atoms in total. The van der Waals surface area contributed by atoms with Crippen LogP contribution in [0.5, 0.6) is 0 Å². The number of carbonyl (C=O) groups is 2. The van der Waals surface area contributed by atoms with Crippen LogP contribution >= 0.6 is 0 Å². The molecule has 4 rings (SSSR count). The van der Waals surface area contributed by atoms with Crippen molar-refractivity contribution in [1.29, 1.82) is 0 Å². The molecule has 1 unspecified atom stereocenters. The van der Waals surface area contributed by atoms with Crippen LogP contribution in [0.4, 0.5) is 18.9 Å². The van der Waals surface area contributed by atoms with E-state index in [1.807, 2.05) is 45.0 Å². The Morgan fingerprint density at radius 1 is 1.18 bits per heavy atom. The molecule has 12 heteroatoms. The number of carboxylic acids is 1. The van der Waals surface area contributed by atoms with Crippen molar-refractivity contribution in [2.45, 2.75) is 46.1 Å². The molecule has 3 N–H and O–H groups in total. The number of nitrogens with one attached hydrogen (secondary N) is 2. The average Bonchev–Trinajstić information content (AvgIpc) is 2.90.